The lowest BCUT2D eigenvalue weighted by Gasteiger charge is -2.33. The normalized spacial score (nSPS) is 17.7. The van der Waals surface area contributed by atoms with E-state index in [1.54, 1.807) is 138 Å². The van der Waals surface area contributed by atoms with E-state index < -0.39 is 154 Å². The minimum absolute atomic E-state index is 0.0147. The molecule has 0 aliphatic carbocycles. The lowest BCUT2D eigenvalue weighted by atomic mass is 10.1. The third-order valence-corrected chi connectivity index (χ3v) is 18.6. The summed E-state index contributed by atoms with van der Waals surface area (Å²) < 4.78 is 136. The average molecular weight is 1880 g/mol. The highest BCUT2D eigenvalue weighted by molar-refractivity contribution is 7.86. The van der Waals surface area contributed by atoms with Crippen LogP contribution < -0.4 is 42.3 Å². The molecule has 0 unspecified atom stereocenters. The molecular formula is C85H123F6N9O27S2. The van der Waals surface area contributed by atoms with Crippen LogP contribution in [0, 0.1) is 6.92 Å². The number of aliphatic carboxylic acids is 3. The Labute approximate surface area is 752 Å². The number of esters is 4. The second-order valence-corrected chi connectivity index (χ2v) is 35.1. The number of methoxy groups -OCH3 is 1. The maximum absolute atomic E-state index is 13.0. The van der Waals surface area contributed by atoms with Gasteiger partial charge in [0.25, 0.3) is 10.1 Å². The second kappa shape index (κ2) is 55.7. The molecule has 3 saturated heterocycles. The molecule has 0 saturated carbocycles. The van der Waals surface area contributed by atoms with E-state index in [0.717, 1.165) is 40.6 Å². The number of halogens is 6. The first-order valence-corrected chi connectivity index (χ1v) is 42.5. The van der Waals surface area contributed by atoms with Gasteiger partial charge in [0, 0.05) is 43.9 Å². The first kappa shape index (κ1) is 116. The van der Waals surface area contributed by atoms with Gasteiger partial charge in [-0.3, -0.25) is 23.4 Å². The van der Waals surface area contributed by atoms with Crippen molar-refractivity contribution in [3.63, 3.8) is 0 Å². The third-order valence-electron chi connectivity index (χ3n) is 16.8. The Morgan fingerprint density at radius 1 is 0.612 bits per heavy atom. The van der Waals surface area contributed by atoms with Crippen molar-refractivity contribution in [1.82, 2.24) is 41.7 Å². The van der Waals surface area contributed by atoms with Crippen LogP contribution in [0.4, 0.5) is 45.5 Å². The second-order valence-electron chi connectivity index (χ2n) is 33.1. The number of carboxylic acid groups (broad SMARTS) is 3. The molecule has 9 atom stereocenters. The van der Waals surface area contributed by atoms with Crippen LogP contribution in [-0.2, 0) is 115 Å². The predicted octanol–water partition coefficient (Wildman–Crippen LogP) is 7.88. The Kier molecular flexibility index (Phi) is 50.1. The molecule has 36 nitrogen and oxygen atoms in total. The Bertz CT molecular complexity index is 4290. The summed E-state index contributed by atoms with van der Waals surface area (Å²) in [5.74, 6) is -9.17. The van der Waals surface area contributed by atoms with Gasteiger partial charge in [-0.2, -0.15) is 47.4 Å². The minimum Gasteiger partial charge on any atom is -0.542 e. The van der Waals surface area contributed by atoms with E-state index in [-0.39, 0.29) is 81.7 Å². The number of rotatable bonds is 23. The number of amides is 6. The average Bonchev–Trinajstić information content (AvgIpc) is 1.75. The topological polar surface area (TPSA) is 498 Å². The summed E-state index contributed by atoms with van der Waals surface area (Å²) in [6.07, 6.45) is -11.9. The summed E-state index contributed by atoms with van der Waals surface area (Å²) in [6.45, 7) is 33.0. The van der Waals surface area contributed by atoms with Crippen LogP contribution >= 0.6 is 12.6 Å². The fourth-order valence-corrected chi connectivity index (χ4v) is 11.7. The predicted molar refractivity (Wildman–Crippen MR) is 455 cm³/mol. The van der Waals surface area contributed by atoms with Gasteiger partial charge in [0.05, 0.1) is 50.1 Å². The Balaban J connectivity index is 0.000000804. The first-order chi connectivity index (χ1) is 59.5. The molecule has 4 aromatic rings. The van der Waals surface area contributed by atoms with E-state index in [1.807, 2.05) is 80.6 Å². The maximum Gasteiger partial charge on any atom is 0.490 e. The fourth-order valence-electron chi connectivity index (χ4n) is 10.5. The number of carboxylic acids is 3. The zero-order valence-corrected chi connectivity index (χ0v) is 77.2. The number of carbonyl (C=O) groups excluding carboxylic acids is 11. The van der Waals surface area contributed by atoms with E-state index in [1.165, 1.54) is 37.1 Å². The third kappa shape index (κ3) is 52.2. The van der Waals surface area contributed by atoms with E-state index in [2.05, 4.69) is 56.8 Å². The van der Waals surface area contributed by atoms with Crippen LogP contribution in [0.2, 0.25) is 0 Å². The van der Waals surface area contributed by atoms with Crippen LogP contribution in [0.25, 0.3) is 0 Å². The van der Waals surface area contributed by atoms with Gasteiger partial charge in [-0.25, -0.2) is 38.4 Å². The number of carbonyl (C=O) groups is 13. The van der Waals surface area contributed by atoms with Gasteiger partial charge in [0.1, 0.15) is 78.4 Å². The number of benzene rings is 4. The van der Waals surface area contributed by atoms with Crippen molar-refractivity contribution in [1.29, 1.82) is 0 Å². The number of nitrogens with two attached hydrogens (primary N) is 1. The number of nitrogens with zero attached hydrogens (tertiary/aromatic N) is 2. The number of aryl methyl sites for hydroxylation is 1. The molecule has 3 aliphatic rings. The van der Waals surface area contributed by atoms with Gasteiger partial charge in [-0.1, -0.05) is 109 Å². The van der Waals surface area contributed by atoms with Gasteiger partial charge < -0.3 is 105 Å². The highest BCUT2D eigenvalue weighted by Crippen LogP contribution is 2.25. The van der Waals surface area contributed by atoms with Gasteiger partial charge in [-0.15, -0.1) is 0 Å². The summed E-state index contributed by atoms with van der Waals surface area (Å²) in [5.41, 5.74) is 0.586. The molecule has 3 aliphatic heterocycles. The van der Waals surface area contributed by atoms with Crippen LogP contribution in [0.5, 0.6) is 0 Å². The highest BCUT2D eigenvalue weighted by Gasteiger charge is 2.41. The van der Waals surface area contributed by atoms with Gasteiger partial charge in [0.15, 0.2) is 0 Å². The molecule has 724 valence electrons. The van der Waals surface area contributed by atoms with E-state index in [0.29, 0.717) is 12.5 Å². The van der Waals surface area contributed by atoms with Crippen LogP contribution in [0.3, 0.4) is 0 Å². The number of quaternary nitrogens is 1. The Hall–Kier alpha value is -11.1. The van der Waals surface area contributed by atoms with E-state index in [9.17, 15) is 87.5 Å². The number of hydrogen-bond donors (Lipinski definition) is 10. The standard InChI is InChI=1S/C24H38N2O7S.C23H28N2O6.C16H21NO6.C11H18N2O4.C7H16N2S.2C2HF3O2/c1-17-9-11-20(12-10-17)34(29,30)31-16-19-13-14-25(21(27)32-23(3,4)5)18(2)15-26(19)22(28)33-24(6,7)8;1-17(21(26)30-15-18-9-5-3-6-10-18)24-14-13-20(22(27)29-2)25-23(28)31-16-19-11-7-4-8-12-19;1-16(2,3)23-14(20)12(9-13(18)19)17-15(21)22-10-11-7-5-4-6-8-11;1-6-9(15)13-7(5-8(14)12-6)10(16)17-11(2,3)4;1-6-4-9-7(5-10)2-3-8-6;2*3-2(4,5)1(6)7/h9-12,18-19H,13-16H2,1-8H3;3-12,17,20,24H,13-16H2,1-2H3,(H,25,28);4-8,12H,9-10H2,1-3H3,(H,17,21)(H,18,19);6-7H,5H2,1-4H3,(H,12,14)(H,13,15);6-10H,2-5H2,1H3;2*(H,6,7)/t18-,19-;17-,20-;12-;2*6-,7-;;/m00000../s1. The smallest absolute Gasteiger partial charge is 0.490 e. The zero-order chi connectivity index (χ0) is 98.6. The number of hydrogen-bond acceptors (Lipinski definition) is 28. The van der Waals surface area contributed by atoms with Crippen molar-refractivity contribution in [3.8, 4) is 0 Å². The van der Waals surface area contributed by atoms with Crippen molar-refractivity contribution in [2.75, 3.05) is 52.2 Å². The first-order valence-electron chi connectivity index (χ1n) is 40.5. The molecule has 129 heavy (non-hydrogen) atoms. The van der Waals surface area contributed by atoms with Gasteiger partial charge in [0.2, 0.25) is 11.8 Å². The van der Waals surface area contributed by atoms with E-state index >= 15 is 0 Å². The van der Waals surface area contributed by atoms with Crippen molar-refractivity contribution >= 4 is 101 Å². The van der Waals surface area contributed by atoms with Crippen molar-refractivity contribution in [2.24, 2.45) is 0 Å². The molecule has 0 bridgehead atoms. The zero-order valence-electron chi connectivity index (χ0n) is 75.5. The summed E-state index contributed by atoms with van der Waals surface area (Å²) in [6, 6.07) is 29.9. The van der Waals surface area contributed by atoms with Crippen molar-refractivity contribution < 1.29 is 160 Å². The molecule has 10 N–H and O–H groups in total. The molecular weight excluding hydrogens is 1760 g/mol. The maximum atomic E-state index is 13.0. The Morgan fingerprint density at radius 2 is 1.06 bits per heavy atom. The summed E-state index contributed by atoms with van der Waals surface area (Å²) in [5, 5.41) is 43.3. The summed E-state index contributed by atoms with van der Waals surface area (Å²) in [7, 11) is -2.78. The molecule has 4 aromatic carbocycles. The molecule has 44 heteroatoms. The van der Waals surface area contributed by atoms with Gasteiger partial charge >= 0.3 is 72.5 Å². The number of alkyl halides is 6. The monoisotopic (exact) mass is 1880 g/mol. The fraction of sp³-hybridized carbons (Fsp3) is 0.565. The van der Waals surface area contributed by atoms with Crippen LogP contribution in [-0.4, -0.2) is 248 Å². The number of thiol groups is 1. The number of nitrogens with one attached hydrogen (secondary N) is 6. The molecule has 0 aromatic heterocycles. The van der Waals surface area contributed by atoms with Crippen molar-refractivity contribution in [3.05, 3.63) is 138 Å². The molecule has 3 heterocycles. The van der Waals surface area contributed by atoms with E-state index in [4.69, 9.17) is 67.0 Å². The molecule has 0 radical (unpaired) electrons. The lowest BCUT2D eigenvalue weighted by Crippen LogP contribution is -2.90. The lowest BCUT2D eigenvalue weighted by molar-refractivity contribution is -0.682. The summed E-state index contributed by atoms with van der Waals surface area (Å²) in [4.78, 5) is 152. The number of alkyl carbamates (subject to hydrolysis) is 2. The highest BCUT2D eigenvalue weighted by atomic mass is 32.2. The summed E-state index contributed by atoms with van der Waals surface area (Å²) >= 11 is 4.26. The number of ether oxygens (including phenoxy) is 8. The minimum atomic E-state index is -5.19. The van der Waals surface area contributed by atoms with Crippen LogP contribution in [0.15, 0.2) is 120 Å². The SMILES string of the molecule is CC(C)(C)OC(=O)[C@H](CC(=O)O)NC(=O)OCc1ccccc1.COC(=O)[C@H](CCN[C@@H](C)C(=O)OCc1ccccc1)NC(=O)OCc1ccccc1.C[C@@H]1NC(=O)C[C@@H](C(=O)OC(C)(C)C)NC1=O.C[C@H]1CN[C@H](CS)CC[NH2+]1.Cc1ccc(S(=O)(=O)OC[C@@H]2CCN(C(=O)OC(C)(C)C)[C@@H](C)CN2C(=O)OC(C)(C)C)cc1.O=C(O)C(F)(F)F.O=C([O-])C(F)(F)F. The molecule has 0 spiro atoms. The largest absolute Gasteiger partial charge is 0.542 e. The molecule has 3 fully saturated rings. The van der Waals surface area contributed by atoms with Gasteiger partial charge in [-0.05, 0) is 166 Å². The molecule has 7 rings (SSSR count). The van der Waals surface area contributed by atoms with Crippen LogP contribution in [0.1, 0.15) is 165 Å². The quantitative estimate of drug-likeness (QED) is 0.0111. The Morgan fingerprint density at radius 3 is 1.49 bits per heavy atom. The van der Waals surface area contributed by atoms with Crippen molar-refractivity contribution in [2.45, 2.75) is 264 Å². The molecule has 6 amide bonds.